The standard InChI is InChI=1S/C42H51N3O9/c1-40(2)19-29-26(11-12-32-41(3,53-32)14-13-30(29)40)18-25-8-4-5-9-28(25)22-45-35-38(48)52-31-20-42(35,36(54-45)34-33(31)50-23-51-34)39(49)44-21-24-7-6-10-27(17-24)37(47)43-15-16-46/h4-10,17-18,29-36,46H,11-16,19-23H2,1-3H3,(H,43,47)(H,44,49)/t29-,30-,31-,32?,33+,34+,35+,36-,41-,42+/m1/s1. The maximum atomic E-state index is 14.6. The zero-order valence-electron chi connectivity index (χ0n) is 31.3. The van der Waals surface area contributed by atoms with E-state index in [2.05, 4.69) is 49.6 Å². The van der Waals surface area contributed by atoms with Crippen LogP contribution in [0.2, 0.25) is 0 Å². The first kappa shape index (κ1) is 36.0. The van der Waals surface area contributed by atoms with E-state index >= 15 is 0 Å². The number of hydroxylamine groups is 2. The van der Waals surface area contributed by atoms with E-state index in [1.165, 1.54) is 18.4 Å². The molecule has 0 aromatic heterocycles. The Bertz CT molecular complexity index is 1860. The molecule has 3 aliphatic carbocycles. The number of nitrogens with zero attached hydrogens (tertiary/aromatic N) is 1. The zero-order chi connectivity index (χ0) is 37.4. The van der Waals surface area contributed by atoms with Crippen LogP contribution < -0.4 is 10.6 Å². The van der Waals surface area contributed by atoms with Crippen molar-refractivity contribution in [3.63, 3.8) is 0 Å². The Morgan fingerprint density at radius 1 is 1.02 bits per heavy atom. The Morgan fingerprint density at radius 3 is 2.69 bits per heavy atom. The van der Waals surface area contributed by atoms with Crippen molar-refractivity contribution in [1.82, 2.24) is 15.7 Å². The molecule has 0 radical (unpaired) electrons. The van der Waals surface area contributed by atoms with Crippen molar-refractivity contribution in [2.24, 2.45) is 22.7 Å². The summed E-state index contributed by atoms with van der Waals surface area (Å²) in [7, 11) is 0. The monoisotopic (exact) mass is 741 g/mol. The van der Waals surface area contributed by atoms with Crippen LogP contribution in [0.15, 0.2) is 54.1 Å². The van der Waals surface area contributed by atoms with Gasteiger partial charge in [0.2, 0.25) is 5.91 Å². The number of allylic oxidation sites excluding steroid dienone is 1. The van der Waals surface area contributed by atoms with E-state index in [-0.39, 0.29) is 56.9 Å². The van der Waals surface area contributed by atoms with E-state index in [1.54, 1.807) is 23.3 Å². The lowest BCUT2D eigenvalue weighted by atomic mass is 9.52. The van der Waals surface area contributed by atoms with Crippen LogP contribution in [0.1, 0.15) is 86.3 Å². The highest BCUT2D eigenvalue weighted by Gasteiger charge is 2.74. The predicted molar refractivity (Wildman–Crippen MR) is 195 cm³/mol. The molecule has 3 saturated carbocycles. The number of amides is 2. The normalized spacial score (nSPS) is 38.1. The maximum Gasteiger partial charge on any atom is 0.327 e. The number of hydrogen-bond acceptors (Lipinski definition) is 10. The number of aliphatic hydroxyl groups excluding tert-OH is 1. The van der Waals surface area contributed by atoms with Crippen molar-refractivity contribution in [3.8, 4) is 0 Å². The van der Waals surface area contributed by atoms with Gasteiger partial charge in [-0.3, -0.25) is 19.2 Å². The number of hydrogen-bond donors (Lipinski definition) is 3. The van der Waals surface area contributed by atoms with Crippen LogP contribution in [-0.2, 0) is 46.5 Å². The van der Waals surface area contributed by atoms with Crippen molar-refractivity contribution in [2.75, 3.05) is 19.9 Å². The molecule has 2 amide bonds. The minimum atomic E-state index is -1.29. The Kier molecular flexibility index (Phi) is 9.02. The fourth-order valence-corrected chi connectivity index (χ4v) is 10.7. The summed E-state index contributed by atoms with van der Waals surface area (Å²) < 4.78 is 24.2. The van der Waals surface area contributed by atoms with E-state index in [4.69, 9.17) is 28.9 Å². The van der Waals surface area contributed by atoms with Crippen LogP contribution in [0, 0.1) is 22.7 Å². The van der Waals surface area contributed by atoms with Crippen molar-refractivity contribution >= 4 is 23.9 Å². The van der Waals surface area contributed by atoms with Crippen LogP contribution >= 0.6 is 0 Å². The number of esters is 1. The van der Waals surface area contributed by atoms with Crippen LogP contribution in [0.5, 0.6) is 0 Å². The third-order valence-electron chi connectivity index (χ3n) is 13.7. The van der Waals surface area contributed by atoms with Crippen LogP contribution in [0.25, 0.3) is 6.08 Å². The van der Waals surface area contributed by atoms with Gasteiger partial charge in [0.05, 0.1) is 24.9 Å². The summed E-state index contributed by atoms with van der Waals surface area (Å²) in [6.45, 7) is 7.47. The van der Waals surface area contributed by atoms with E-state index in [9.17, 15) is 14.4 Å². The summed E-state index contributed by atoms with van der Waals surface area (Å²) in [5.74, 6) is -0.0234. The molecule has 10 atom stereocenters. The van der Waals surface area contributed by atoms with Gasteiger partial charge in [-0.2, -0.15) is 5.06 Å². The van der Waals surface area contributed by atoms with Gasteiger partial charge in [0.15, 0.2) is 6.04 Å². The lowest BCUT2D eigenvalue weighted by Crippen LogP contribution is -2.69. The van der Waals surface area contributed by atoms with Crippen molar-refractivity contribution in [2.45, 2.75) is 115 Å². The number of carbonyl (C=O) groups is 3. The van der Waals surface area contributed by atoms with E-state index < -0.39 is 41.8 Å². The molecule has 7 fully saturated rings. The summed E-state index contributed by atoms with van der Waals surface area (Å²) in [6.07, 6.45) is 5.81. The highest BCUT2D eigenvalue weighted by atomic mass is 16.8. The number of nitrogens with one attached hydrogen (secondary N) is 2. The third-order valence-corrected chi connectivity index (χ3v) is 13.7. The molecule has 0 spiro atoms. The average Bonchev–Trinajstić information content (AvgIpc) is 3.44. The minimum absolute atomic E-state index is 0.0115. The molecule has 4 saturated heterocycles. The summed E-state index contributed by atoms with van der Waals surface area (Å²) in [6, 6.07) is 14.2. The number of epoxide rings is 1. The number of benzene rings is 2. The summed E-state index contributed by atoms with van der Waals surface area (Å²) in [5, 5.41) is 16.5. The second-order valence-electron chi connectivity index (χ2n) is 17.3. The van der Waals surface area contributed by atoms with Gasteiger partial charge in [0.25, 0.3) is 5.91 Å². The second kappa shape index (κ2) is 13.5. The lowest BCUT2D eigenvalue weighted by Gasteiger charge is -2.53. The van der Waals surface area contributed by atoms with Gasteiger partial charge in [-0.15, -0.1) is 0 Å². The molecule has 7 aliphatic rings. The number of fused-ring (bicyclic) bond motifs is 6. The molecule has 12 heteroatoms. The van der Waals surface area contributed by atoms with E-state index in [0.29, 0.717) is 34.5 Å². The van der Waals surface area contributed by atoms with Gasteiger partial charge < -0.3 is 34.7 Å². The average molecular weight is 742 g/mol. The first-order valence-electron chi connectivity index (χ1n) is 19.6. The fraction of sp³-hybridized carbons (Fsp3) is 0.595. The summed E-state index contributed by atoms with van der Waals surface area (Å²) in [5.41, 5.74) is 3.68. The van der Waals surface area contributed by atoms with Gasteiger partial charge in [0, 0.05) is 25.1 Å². The van der Waals surface area contributed by atoms with Gasteiger partial charge >= 0.3 is 5.97 Å². The first-order valence-corrected chi connectivity index (χ1v) is 19.6. The number of aliphatic hydroxyl groups is 1. The molecule has 3 N–H and O–H groups in total. The Labute approximate surface area is 315 Å². The van der Waals surface area contributed by atoms with E-state index in [0.717, 1.165) is 30.4 Å². The largest absolute Gasteiger partial charge is 0.458 e. The number of ether oxygens (including phenoxy) is 4. The highest BCUT2D eigenvalue weighted by molar-refractivity contribution is 5.95. The van der Waals surface area contributed by atoms with Gasteiger partial charge in [-0.05, 0) is 85.1 Å². The first-order chi connectivity index (χ1) is 26.0. The summed E-state index contributed by atoms with van der Waals surface area (Å²) in [4.78, 5) is 47.9. The number of carbonyl (C=O) groups excluding carboxylic acids is 3. The van der Waals surface area contributed by atoms with Crippen molar-refractivity contribution < 1.29 is 43.3 Å². The third kappa shape index (κ3) is 6.01. The topological polar surface area (TPSA) is 148 Å². The van der Waals surface area contributed by atoms with E-state index in [1.807, 2.05) is 18.2 Å². The molecule has 4 heterocycles. The molecule has 54 heavy (non-hydrogen) atoms. The molecule has 12 nitrogen and oxygen atoms in total. The van der Waals surface area contributed by atoms with Crippen LogP contribution in [0.3, 0.4) is 0 Å². The molecular weight excluding hydrogens is 690 g/mol. The summed E-state index contributed by atoms with van der Waals surface area (Å²) >= 11 is 0. The fourth-order valence-electron chi connectivity index (χ4n) is 10.7. The molecule has 4 aliphatic heterocycles. The number of rotatable bonds is 9. The smallest absolute Gasteiger partial charge is 0.327 e. The van der Waals surface area contributed by atoms with Crippen molar-refractivity contribution in [3.05, 3.63) is 76.4 Å². The van der Waals surface area contributed by atoms with Crippen molar-refractivity contribution in [1.29, 1.82) is 0 Å². The molecule has 2 aromatic rings. The molecule has 288 valence electrons. The minimum Gasteiger partial charge on any atom is -0.458 e. The molecular formula is C42H51N3O9. The van der Waals surface area contributed by atoms with Crippen LogP contribution in [0.4, 0.5) is 0 Å². The highest BCUT2D eigenvalue weighted by Crippen LogP contribution is 2.60. The van der Waals surface area contributed by atoms with Gasteiger partial charge in [0.1, 0.15) is 36.6 Å². The Hall–Kier alpha value is -3.65. The van der Waals surface area contributed by atoms with Crippen LogP contribution in [-0.4, -0.2) is 90.1 Å². The zero-order valence-corrected chi connectivity index (χ0v) is 31.3. The molecule has 2 bridgehead atoms. The van der Waals surface area contributed by atoms with Gasteiger partial charge in [-0.1, -0.05) is 61.9 Å². The quantitative estimate of drug-likeness (QED) is 0.254. The Balaban J connectivity index is 0.997. The Morgan fingerprint density at radius 2 is 1.85 bits per heavy atom. The maximum absolute atomic E-state index is 14.6. The predicted octanol–water partition coefficient (Wildman–Crippen LogP) is 4.04. The molecule has 1 unspecified atom stereocenters. The van der Waals surface area contributed by atoms with Gasteiger partial charge in [-0.25, -0.2) is 0 Å². The molecule has 9 rings (SSSR count). The second-order valence-corrected chi connectivity index (χ2v) is 17.3. The molecule has 2 aromatic carbocycles. The lowest BCUT2D eigenvalue weighted by molar-refractivity contribution is -0.201. The SMILES string of the molecule is CC1(C)C[C@@H]2C(=Cc3ccccc3CN3O[C@@H]4[C@H]5OCO[C@H]5[C@H]5C[C@]4(C(=O)NCc4cccc(C(=O)NCCO)c4)[C@@H]3C(=O)O5)CCC3O[C@]3(C)CC[C@H]21.